The van der Waals surface area contributed by atoms with Gasteiger partial charge in [-0.2, -0.15) is 0 Å². The summed E-state index contributed by atoms with van der Waals surface area (Å²) in [5.74, 6) is 0.579. The summed E-state index contributed by atoms with van der Waals surface area (Å²) >= 11 is 0. The number of imidazole rings is 1. The molecule has 1 aromatic heterocycles. The molecule has 1 aromatic carbocycles. The zero-order valence-electron chi connectivity index (χ0n) is 9.99. The molecule has 0 aliphatic heterocycles. The second kappa shape index (κ2) is 4.00. The van der Waals surface area contributed by atoms with Crippen molar-refractivity contribution in [1.82, 2.24) is 9.55 Å². The van der Waals surface area contributed by atoms with Gasteiger partial charge in [0.05, 0.1) is 12.7 Å². The van der Waals surface area contributed by atoms with Crippen molar-refractivity contribution in [2.24, 2.45) is 0 Å². The van der Waals surface area contributed by atoms with E-state index in [9.17, 15) is 0 Å². The molecular weight excluding hydrogens is 198 g/mol. The average Bonchev–Trinajstić information content (AvgIpc) is 2.55. The van der Waals surface area contributed by atoms with Crippen LogP contribution in [0.25, 0.3) is 0 Å². The van der Waals surface area contributed by atoms with Gasteiger partial charge in [-0.25, -0.2) is 4.98 Å². The Morgan fingerprint density at radius 2 is 1.94 bits per heavy atom. The van der Waals surface area contributed by atoms with Crippen molar-refractivity contribution in [3.05, 3.63) is 46.8 Å². The second-order valence-electron chi connectivity index (χ2n) is 4.26. The fourth-order valence-corrected chi connectivity index (χ4v) is 1.77. The van der Waals surface area contributed by atoms with Crippen LogP contribution in [0, 0.1) is 20.8 Å². The second-order valence-corrected chi connectivity index (χ2v) is 4.26. The van der Waals surface area contributed by atoms with E-state index < -0.39 is 0 Å². The predicted molar refractivity (Wildman–Crippen MR) is 66.4 cm³/mol. The van der Waals surface area contributed by atoms with E-state index in [0.717, 1.165) is 12.2 Å². The van der Waals surface area contributed by atoms with Gasteiger partial charge in [-0.3, -0.25) is 0 Å². The highest BCUT2D eigenvalue weighted by molar-refractivity contribution is 5.32. The Labute approximate surface area is 95.9 Å². The topological polar surface area (TPSA) is 43.8 Å². The number of nitrogens with zero attached hydrogens (tertiary/aromatic N) is 2. The molecule has 0 radical (unpaired) electrons. The largest absolute Gasteiger partial charge is 0.369 e. The highest BCUT2D eigenvalue weighted by atomic mass is 15.1. The molecule has 16 heavy (non-hydrogen) atoms. The van der Waals surface area contributed by atoms with E-state index in [2.05, 4.69) is 37.0 Å². The van der Waals surface area contributed by atoms with E-state index >= 15 is 0 Å². The first-order valence-electron chi connectivity index (χ1n) is 5.41. The van der Waals surface area contributed by atoms with Crippen molar-refractivity contribution >= 4 is 5.95 Å². The first-order chi connectivity index (χ1) is 7.58. The van der Waals surface area contributed by atoms with Crippen LogP contribution in [0.3, 0.4) is 0 Å². The number of hydrogen-bond donors (Lipinski definition) is 1. The Balaban J connectivity index is 2.31. The Kier molecular flexibility index (Phi) is 2.69. The molecule has 84 valence electrons. The van der Waals surface area contributed by atoms with Crippen molar-refractivity contribution in [2.45, 2.75) is 27.3 Å². The monoisotopic (exact) mass is 215 g/mol. The Hall–Kier alpha value is -1.77. The number of rotatable bonds is 2. The molecular formula is C13H17N3. The van der Waals surface area contributed by atoms with Crippen LogP contribution in [-0.4, -0.2) is 9.55 Å². The number of benzene rings is 1. The minimum Gasteiger partial charge on any atom is -0.369 e. The lowest BCUT2D eigenvalue weighted by Crippen LogP contribution is -2.06. The van der Waals surface area contributed by atoms with Gasteiger partial charge in [0.15, 0.2) is 0 Å². The number of aromatic nitrogens is 2. The lowest BCUT2D eigenvalue weighted by Gasteiger charge is -2.09. The van der Waals surface area contributed by atoms with Crippen molar-refractivity contribution in [3.8, 4) is 0 Å². The normalized spacial score (nSPS) is 10.7. The average molecular weight is 215 g/mol. The summed E-state index contributed by atoms with van der Waals surface area (Å²) in [4.78, 5) is 4.09. The molecule has 0 aliphatic carbocycles. The van der Waals surface area contributed by atoms with Crippen LogP contribution < -0.4 is 5.73 Å². The van der Waals surface area contributed by atoms with Gasteiger partial charge >= 0.3 is 0 Å². The highest BCUT2D eigenvalue weighted by Crippen LogP contribution is 2.14. The molecule has 3 nitrogen and oxygen atoms in total. The summed E-state index contributed by atoms with van der Waals surface area (Å²) in [6.07, 6.45) is 1.80. The minimum absolute atomic E-state index is 0.579. The van der Waals surface area contributed by atoms with Gasteiger partial charge in [-0.05, 0) is 37.5 Å². The van der Waals surface area contributed by atoms with Crippen LogP contribution >= 0.6 is 0 Å². The van der Waals surface area contributed by atoms with E-state index in [0.29, 0.717) is 5.95 Å². The van der Waals surface area contributed by atoms with E-state index in [4.69, 9.17) is 5.73 Å². The Morgan fingerprint density at radius 1 is 1.19 bits per heavy atom. The highest BCUT2D eigenvalue weighted by Gasteiger charge is 2.04. The summed E-state index contributed by atoms with van der Waals surface area (Å²) in [6, 6.07) is 6.49. The van der Waals surface area contributed by atoms with E-state index in [-0.39, 0.29) is 0 Å². The maximum atomic E-state index is 5.81. The third kappa shape index (κ3) is 1.94. The van der Waals surface area contributed by atoms with Crippen molar-refractivity contribution in [3.63, 3.8) is 0 Å². The molecule has 0 atom stereocenters. The van der Waals surface area contributed by atoms with E-state index in [1.807, 2.05) is 11.5 Å². The standard InChI is InChI=1S/C13H17N3/c1-9-4-5-12(6-10(9)2)8-16-11(3)7-15-13(16)14/h4-7H,8H2,1-3H3,(H2,14,15). The first kappa shape index (κ1) is 10.7. The number of nitrogen functional groups attached to an aromatic ring is 1. The van der Waals surface area contributed by atoms with Crippen molar-refractivity contribution in [1.29, 1.82) is 0 Å². The molecule has 1 heterocycles. The molecule has 0 saturated heterocycles. The SMILES string of the molecule is Cc1ccc(Cn2c(C)cnc2N)cc1C. The van der Waals surface area contributed by atoms with Crippen LogP contribution in [0.4, 0.5) is 5.95 Å². The van der Waals surface area contributed by atoms with Crippen LogP contribution in [0.15, 0.2) is 24.4 Å². The van der Waals surface area contributed by atoms with Gasteiger partial charge in [-0.1, -0.05) is 18.2 Å². The zero-order chi connectivity index (χ0) is 11.7. The van der Waals surface area contributed by atoms with Crippen LogP contribution in [0.5, 0.6) is 0 Å². The molecule has 2 N–H and O–H groups in total. The summed E-state index contributed by atoms with van der Waals surface area (Å²) < 4.78 is 2.02. The summed E-state index contributed by atoms with van der Waals surface area (Å²) in [6.45, 7) is 7.06. The molecule has 0 bridgehead atoms. The summed E-state index contributed by atoms with van der Waals surface area (Å²) in [5, 5.41) is 0. The third-order valence-electron chi connectivity index (χ3n) is 3.00. The lowest BCUT2D eigenvalue weighted by molar-refractivity contribution is 0.782. The van der Waals surface area contributed by atoms with Gasteiger partial charge < -0.3 is 10.3 Å². The zero-order valence-corrected chi connectivity index (χ0v) is 9.99. The quantitative estimate of drug-likeness (QED) is 0.836. The van der Waals surface area contributed by atoms with Gasteiger partial charge in [0.2, 0.25) is 5.95 Å². The number of anilines is 1. The summed E-state index contributed by atoms with van der Waals surface area (Å²) in [5.41, 5.74) is 10.8. The van der Waals surface area contributed by atoms with Crippen LogP contribution in [0.2, 0.25) is 0 Å². The molecule has 0 aliphatic rings. The smallest absolute Gasteiger partial charge is 0.200 e. The molecule has 0 amide bonds. The fourth-order valence-electron chi connectivity index (χ4n) is 1.77. The van der Waals surface area contributed by atoms with E-state index in [1.165, 1.54) is 16.7 Å². The van der Waals surface area contributed by atoms with Gasteiger partial charge in [-0.15, -0.1) is 0 Å². The fraction of sp³-hybridized carbons (Fsp3) is 0.308. The third-order valence-corrected chi connectivity index (χ3v) is 3.00. The first-order valence-corrected chi connectivity index (χ1v) is 5.41. The molecule has 2 aromatic rings. The van der Waals surface area contributed by atoms with Gasteiger partial charge in [0.1, 0.15) is 0 Å². The van der Waals surface area contributed by atoms with Gasteiger partial charge in [0, 0.05) is 5.69 Å². The van der Waals surface area contributed by atoms with Crippen LogP contribution in [-0.2, 0) is 6.54 Å². The number of aryl methyl sites for hydroxylation is 3. The molecule has 0 fully saturated rings. The predicted octanol–water partition coefficient (Wildman–Crippen LogP) is 2.44. The number of nitrogens with two attached hydrogens (primary N) is 1. The minimum atomic E-state index is 0.579. The maximum absolute atomic E-state index is 5.81. The Morgan fingerprint density at radius 3 is 2.50 bits per heavy atom. The van der Waals surface area contributed by atoms with Crippen molar-refractivity contribution in [2.75, 3.05) is 5.73 Å². The molecule has 0 spiro atoms. The summed E-state index contributed by atoms with van der Waals surface area (Å²) in [7, 11) is 0. The van der Waals surface area contributed by atoms with E-state index in [1.54, 1.807) is 6.20 Å². The maximum Gasteiger partial charge on any atom is 0.200 e. The lowest BCUT2D eigenvalue weighted by atomic mass is 10.1. The van der Waals surface area contributed by atoms with Crippen molar-refractivity contribution < 1.29 is 0 Å². The number of hydrogen-bond acceptors (Lipinski definition) is 2. The molecule has 2 rings (SSSR count). The molecule has 0 unspecified atom stereocenters. The Bertz CT molecular complexity index is 492. The van der Waals surface area contributed by atoms with Gasteiger partial charge in [0.25, 0.3) is 0 Å². The molecule has 3 heteroatoms. The molecule has 0 saturated carbocycles. The van der Waals surface area contributed by atoms with Crippen LogP contribution in [0.1, 0.15) is 22.4 Å².